The molecule has 6 heteroatoms. The first-order chi connectivity index (χ1) is 16.9. The number of hydrogen-bond donors (Lipinski definition) is 3. The number of anilines is 1. The highest BCUT2D eigenvalue weighted by Crippen LogP contribution is 2.22. The fourth-order valence-corrected chi connectivity index (χ4v) is 3.68. The van der Waals surface area contributed by atoms with Gasteiger partial charge in [0.05, 0.1) is 16.4 Å². The van der Waals surface area contributed by atoms with Crippen LogP contribution in [0.5, 0.6) is 0 Å². The molecule has 0 radical (unpaired) electrons. The molecule has 35 heavy (non-hydrogen) atoms. The number of nitrogens with zero attached hydrogens (tertiary/aromatic N) is 2. The quantitative estimate of drug-likeness (QED) is 0.188. The van der Waals surface area contributed by atoms with E-state index in [9.17, 15) is 0 Å². The molecule has 0 bridgehead atoms. The second kappa shape index (κ2) is 15.0. The highest BCUT2D eigenvalue weighted by molar-refractivity contribution is 9.10. The third-order valence-corrected chi connectivity index (χ3v) is 6.35. The Bertz CT molecular complexity index is 1110. The maximum absolute atomic E-state index is 4.49. The topological polar surface area (TPSA) is 53.9 Å². The van der Waals surface area contributed by atoms with Crippen LogP contribution < -0.4 is 16.0 Å². The zero-order valence-corrected chi connectivity index (χ0v) is 23.0. The molecule has 0 saturated heterocycles. The van der Waals surface area contributed by atoms with Gasteiger partial charge in [-0.25, -0.2) is 4.68 Å². The molecule has 2 aromatic carbocycles. The molecule has 3 aromatic rings. The molecule has 0 aliphatic heterocycles. The summed E-state index contributed by atoms with van der Waals surface area (Å²) in [5.74, 6) is 0.945. The molecule has 0 fully saturated rings. The molecule has 1 heterocycles. The molecule has 0 amide bonds. The molecule has 0 saturated carbocycles. The summed E-state index contributed by atoms with van der Waals surface area (Å²) in [6, 6.07) is 16.4. The van der Waals surface area contributed by atoms with Crippen molar-refractivity contribution in [2.75, 3.05) is 32.5 Å². The Balaban J connectivity index is 0.000000360. The molecule has 3 N–H and O–H groups in total. The number of rotatable bonds is 11. The fraction of sp³-hybridized carbons (Fsp3) is 0.276. The van der Waals surface area contributed by atoms with E-state index in [1.807, 2.05) is 74.4 Å². The van der Waals surface area contributed by atoms with Gasteiger partial charge in [-0.3, -0.25) is 0 Å². The lowest BCUT2D eigenvalue weighted by molar-refractivity contribution is 0.645. The zero-order chi connectivity index (χ0) is 25.6. The van der Waals surface area contributed by atoms with Crippen molar-refractivity contribution in [1.29, 1.82) is 0 Å². The second-order valence-electron chi connectivity index (χ2n) is 8.17. The van der Waals surface area contributed by atoms with Gasteiger partial charge >= 0.3 is 0 Å². The van der Waals surface area contributed by atoms with E-state index in [4.69, 9.17) is 0 Å². The van der Waals surface area contributed by atoms with Crippen LogP contribution in [0, 0.1) is 13.8 Å². The standard InChI is InChI=1S/C20H27BrN4.C9H11N/c1-15-9-5-6-10-18(15)16(2)13-20(23-12-8-7-11-22-4)25-17(3)19(21)14-24-25;1-3-8-4-6-9(10-2)7-5-8/h5-6,9-10,13-14,22-23H,2,7-8,11-12H2,1,3-4H3;3-7,10H,1H2,2H3/b20-13-;. The Morgan fingerprint density at radius 2 is 1.71 bits per heavy atom. The molecule has 1 aromatic heterocycles. The zero-order valence-electron chi connectivity index (χ0n) is 21.4. The summed E-state index contributed by atoms with van der Waals surface area (Å²) in [6.45, 7) is 14.0. The molecule has 0 unspecified atom stereocenters. The van der Waals surface area contributed by atoms with Crippen molar-refractivity contribution in [1.82, 2.24) is 20.4 Å². The van der Waals surface area contributed by atoms with Gasteiger partial charge in [0.2, 0.25) is 0 Å². The maximum atomic E-state index is 4.49. The van der Waals surface area contributed by atoms with Gasteiger partial charge in [-0.15, -0.1) is 0 Å². The minimum atomic E-state index is 0.894. The van der Waals surface area contributed by atoms with Crippen LogP contribution in [0.3, 0.4) is 0 Å². The van der Waals surface area contributed by atoms with Gasteiger partial charge in [0.25, 0.3) is 0 Å². The summed E-state index contributed by atoms with van der Waals surface area (Å²) < 4.78 is 2.92. The number of allylic oxidation sites excluding steroid dienone is 2. The largest absolute Gasteiger partial charge is 0.388 e. The van der Waals surface area contributed by atoms with Crippen molar-refractivity contribution in [3.05, 3.63) is 101 Å². The van der Waals surface area contributed by atoms with Gasteiger partial charge in [0, 0.05) is 19.3 Å². The number of hydrogen-bond acceptors (Lipinski definition) is 4. The Kier molecular flexibility index (Phi) is 12.1. The number of nitrogens with one attached hydrogen (secondary N) is 3. The van der Waals surface area contributed by atoms with E-state index >= 15 is 0 Å². The van der Waals surface area contributed by atoms with E-state index in [0.717, 1.165) is 64.3 Å². The average molecular weight is 537 g/mol. The maximum Gasteiger partial charge on any atom is 0.128 e. The summed E-state index contributed by atoms with van der Waals surface area (Å²) in [4.78, 5) is 0. The first-order valence-electron chi connectivity index (χ1n) is 11.9. The van der Waals surface area contributed by atoms with Crippen molar-refractivity contribution < 1.29 is 0 Å². The smallest absolute Gasteiger partial charge is 0.128 e. The number of unbranched alkanes of at least 4 members (excludes halogenated alkanes) is 1. The Morgan fingerprint density at radius 3 is 2.29 bits per heavy atom. The summed E-state index contributed by atoms with van der Waals surface area (Å²) in [6.07, 6.45) is 7.96. The monoisotopic (exact) mass is 535 g/mol. The normalized spacial score (nSPS) is 10.8. The van der Waals surface area contributed by atoms with Crippen LogP contribution in [0.25, 0.3) is 17.5 Å². The molecule has 0 aliphatic rings. The average Bonchev–Trinajstić information content (AvgIpc) is 3.21. The molecule has 0 aliphatic carbocycles. The third-order valence-electron chi connectivity index (χ3n) is 5.57. The minimum absolute atomic E-state index is 0.894. The summed E-state index contributed by atoms with van der Waals surface area (Å²) in [5, 5.41) is 14.2. The minimum Gasteiger partial charge on any atom is -0.388 e. The lowest BCUT2D eigenvalue weighted by Crippen LogP contribution is -2.21. The van der Waals surface area contributed by atoms with Crippen LogP contribution in [-0.2, 0) is 0 Å². The first kappa shape index (κ1) is 28.1. The highest BCUT2D eigenvalue weighted by Gasteiger charge is 2.10. The van der Waals surface area contributed by atoms with Crippen molar-refractivity contribution >= 4 is 39.1 Å². The van der Waals surface area contributed by atoms with Crippen molar-refractivity contribution in [3.8, 4) is 0 Å². The van der Waals surface area contributed by atoms with Gasteiger partial charge in [-0.2, -0.15) is 5.10 Å². The Morgan fingerprint density at radius 1 is 1.03 bits per heavy atom. The van der Waals surface area contributed by atoms with Crippen LogP contribution in [0.1, 0.15) is 35.2 Å². The Hall–Kier alpha value is -3.09. The van der Waals surface area contributed by atoms with Crippen LogP contribution in [-0.4, -0.2) is 37.0 Å². The van der Waals surface area contributed by atoms with E-state index in [0.29, 0.717) is 0 Å². The van der Waals surface area contributed by atoms with E-state index in [1.165, 1.54) is 5.56 Å². The van der Waals surface area contributed by atoms with Crippen LogP contribution >= 0.6 is 15.9 Å². The molecule has 5 nitrogen and oxygen atoms in total. The van der Waals surface area contributed by atoms with Crippen LogP contribution in [0.4, 0.5) is 5.69 Å². The highest BCUT2D eigenvalue weighted by atomic mass is 79.9. The van der Waals surface area contributed by atoms with Crippen LogP contribution in [0.15, 0.2) is 78.4 Å². The fourth-order valence-electron chi connectivity index (χ4n) is 3.42. The van der Waals surface area contributed by atoms with Gasteiger partial charge < -0.3 is 16.0 Å². The summed E-state index contributed by atoms with van der Waals surface area (Å²) >= 11 is 3.54. The summed E-state index contributed by atoms with van der Waals surface area (Å²) in [7, 11) is 3.89. The molecular weight excluding hydrogens is 498 g/mol. The Labute approximate surface area is 219 Å². The molecule has 186 valence electrons. The third kappa shape index (κ3) is 8.89. The predicted molar refractivity (Wildman–Crippen MR) is 156 cm³/mol. The molecule has 0 atom stereocenters. The molecule has 3 rings (SSSR count). The lowest BCUT2D eigenvalue weighted by Gasteiger charge is -2.15. The number of aryl methyl sites for hydroxylation is 1. The predicted octanol–water partition coefficient (Wildman–Crippen LogP) is 6.73. The van der Waals surface area contributed by atoms with E-state index < -0.39 is 0 Å². The van der Waals surface area contributed by atoms with Crippen molar-refractivity contribution in [2.45, 2.75) is 26.7 Å². The molecular formula is C29H38BrN5. The van der Waals surface area contributed by atoms with Crippen LogP contribution in [0.2, 0.25) is 0 Å². The van der Waals surface area contributed by atoms with Gasteiger partial charge in [-0.05, 0) is 96.7 Å². The molecule has 0 spiro atoms. The second-order valence-corrected chi connectivity index (χ2v) is 9.03. The van der Waals surface area contributed by atoms with Crippen molar-refractivity contribution in [2.24, 2.45) is 0 Å². The van der Waals surface area contributed by atoms with Gasteiger partial charge in [0.15, 0.2) is 0 Å². The SMILES string of the molecule is C=C(/C=C(/NCCCCNC)n1ncc(Br)c1C)c1ccccc1C.C=Cc1ccc(NC)cc1. The van der Waals surface area contributed by atoms with Gasteiger partial charge in [-0.1, -0.05) is 55.6 Å². The van der Waals surface area contributed by atoms with Gasteiger partial charge in [0.1, 0.15) is 5.82 Å². The van der Waals surface area contributed by atoms with Crippen molar-refractivity contribution in [3.63, 3.8) is 0 Å². The first-order valence-corrected chi connectivity index (χ1v) is 12.7. The lowest BCUT2D eigenvalue weighted by atomic mass is 10.0. The number of benzene rings is 2. The number of halogens is 1. The van der Waals surface area contributed by atoms with E-state index in [2.05, 4.69) is 75.3 Å². The number of aromatic nitrogens is 2. The summed E-state index contributed by atoms with van der Waals surface area (Å²) in [5.41, 5.74) is 6.69. The van der Waals surface area contributed by atoms with E-state index in [1.54, 1.807) is 0 Å². The van der Waals surface area contributed by atoms with E-state index in [-0.39, 0.29) is 0 Å².